The second kappa shape index (κ2) is 5.20. The predicted octanol–water partition coefficient (Wildman–Crippen LogP) is 3.29. The zero-order valence-electron chi connectivity index (χ0n) is 10.0. The van der Waals surface area contributed by atoms with Gasteiger partial charge in [-0.1, -0.05) is 11.6 Å². The lowest BCUT2D eigenvalue weighted by atomic mass is 10.2. The minimum Gasteiger partial charge on any atom is -0.378 e. The Bertz CT molecular complexity index is 700. The summed E-state index contributed by atoms with van der Waals surface area (Å²) in [5, 5.41) is 4.95. The maximum Gasteiger partial charge on any atom is 0.0948 e. The third kappa shape index (κ3) is 2.48. The fourth-order valence-electron chi connectivity index (χ4n) is 1.89. The number of rotatable bonds is 3. The van der Waals surface area contributed by atoms with Crippen molar-refractivity contribution < 1.29 is 0 Å². The molecule has 19 heavy (non-hydrogen) atoms. The number of halogens is 1. The normalized spacial score (nSPS) is 10.6. The van der Waals surface area contributed by atoms with Crippen LogP contribution in [0.25, 0.3) is 10.9 Å². The molecule has 1 aromatic carbocycles. The fourth-order valence-corrected chi connectivity index (χ4v) is 2.10. The van der Waals surface area contributed by atoms with Crippen molar-refractivity contribution in [1.82, 2.24) is 15.0 Å². The average Bonchev–Trinajstić information content (AvgIpc) is 2.48. The first kappa shape index (κ1) is 11.9. The van der Waals surface area contributed by atoms with Crippen molar-refractivity contribution in [1.29, 1.82) is 0 Å². The van der Waals surface area contributed by atoms with Gasteiger partial charge in [-0.15, -0.1) is 0 Å². The maximum atomic E-state index is 6.16. The lowest BCUT2D eigenvalue weighted by Gasteiger charge is -2.09. The summed E-state index contributed by atoms with van der Waals surface area (Å²) >= 11 is 6.16. The van der Waals surface area contributed by atoms with Gasteiger partial charge in [-0.05, 0) is 24.3 Å². The minimum absolute atomic E-state index is 0.598. The molecule has 5 heteroatoms. The molecule has 3 aromatic rings. The molecule has 0 aliphatic rings. The Morgan fingerprint density at radius 1 is 1.05 bits per heavy atom. The van der Waals surface area contributed by atoms with Gasteiger partial charge in [0.1, 0.15) is 0 Å². The van der Waals surface area contributed by atoms with Crippen molar-refractivity contribution in [3.63, 3.8) is 0 Å². The van der Waals surface area contributed by atoms with Gasteiger partial charge in [-0.2, -0.15) is 0 Å². The van der Waals surface area contributed by atoms with Gasteiger partial charge >= 0.3 is 0 Å². The van der Waals surface area contributed by atoms with Gasteiger partial charge in [-0.3, -0.25) is 15.0 Å². The third-order valence-corrected chi connectivity index (χ3v) is 3.12. The fraction of sp³-hybridized carbons (Fsp3) is 0.0714. The highest BCUT2D eigenvalue weighted by Crippen LogP contribution is 2.28. The summed E-state index contributed by atoms with van der Waals surface area (Å²) in [5.41, 5.74) is 2.67. The van der Waals surface area contributed by atoms with Crippen LogP contribution in [0, 0.1) is 0 Å². The highest BCUT2D eigenvalue weighted by Gasteiger charge is 2.05. The molecule has 1 N–H and O–H groups in total. The van der Waals surface area contributed by atoms with E-state index >= 15 is 0 Å². The van der Waals surface area contributed by atoms with Crippen LogP contribution in [-0.2, 0) is 6.54 Å². The molecule has 0 fully saturated rings. The van der Waals surface area contributed by atoms with E-state index in [4.69, 9.17) is 11.6 Å². The van der Waals surface area contributed by atoms with E-state index in [1.807, 2.05) is 24.3 Å². The van der Waals surface area contributed by atoms with Gasteiger partial charge in [-0.25, -0.2) is 0 Å². The van der Waals surface area contributed by atoms with Crippen molar-refractivity contribution in [3.8, 4) is 0 Å². The molecule has 2 aromatic heterocycles. The largest absolute Gasteiger partial charge is 0.378 e. The van der Waals surface area contributed by atoms with Crippen LogP contribution in [0.3, 0.4) is 0 Å². The summed E-state index contributed by atoms with van der Waals surface area (Å²) in [6.45, 7) is 0.598. The molecule has 0 unspecified atom stereocenters. The Morgan fingerprint density at radius 2 is 2.00 bits per heavy atom. The zero-order valence-corrected chi connectivity index (χ0v) is 10.8. The van der Waals surface area contributed by atoms with Gasteiger partial charge in [0.15, 0.2) is 0 Å². The number of nitrogens with one attached hydrogen (secondary N) is 1. The van der Waals surface area contributed by atoms with E-state index < -0.39 is 0 Å². The van der Waals surface area contributed by atoms with Crippen LogP contribution in [0.2, 0.25) is 5.02 Å². The summed E-state index contributed by atoms with van der Waals surface area (Å²) in [6.07, 6.45) is 6.82. The molecule has 0 spiro atoms. The molecule has 4 nitrogen and oxygen atoms in total. The number of hydrogen-bond donors (Lipinski definition) is 1. The first-order valence-electron chi connectivity index (χ1n) is 5.86. The maximum absolute atomic E-state index is 6.16. The molecule has 0 saturated heterocycles. The van der Waals surface area contributed by atoms with Crippen molar-refractivity contribution in [2.45, 2.75) is 6.54 Å². The van der Waals surface area contributed by atoms with E-state index in [-0.39, 0.29) is 0 Å². The molecule has 0 bridgehead atoms. The molecule has 0 aliphatic carbocycles. The van der Waals surface area contributed by atoms with E-state index in [1.54, 1.807) is 24.8 Å². The average molecular weight is 271 g/mol. The SMILES string of the molecule is Clc1ccc(NCc2cnccn2)c2ncccc12. The van der Waals surface area contributed by atoms with Gasteiger partial charge < -0.3 is 5.32 Å². The van der Waals surface area contributed by atoms with Gasteiger partial charge in [0, 0.05) is 24.0 Å². The Morgan fingerprint density at radius 3 is 2.84 bits per heavy atom. The number of aromatic nitrogens is 3. The standard InChI is InChI=1S/C14H11ClN4/c15-12-3-4-13(14-11(12)2-1-5-18-14)19-9-10-8-16-6-7-17-10/h1-8,19H,9H2. The highest BCUT2D eigenvalue weighted by atomic mass is 35.5. The Labute approximate surface area is 115 Å². The van der Waals surface area contributed by atoms with Crippen LogP contribution in [0.1, 0.15) is 5.69 Å². The summed E-state index contributed by atoms with van der Waals surface area (Å²) in [4.78, 5) is 12.6. The number of fused-ring (bicyclic) bond motifs is 1. The first-order valence-corrected chi connectivity index (χ1v) is 6.24. The van der Waals surface area contributed by atoms with Gasteiger partial charge in [0.05, 0.1) is 34.7 Å². The number of hydrogen-bond acceptors (Lipinski definition) is 4. The van der Waals surface area contributed by atoms with Crippen LogP contribution >= 0.6 is 11.6 Å². The lowest BCUT2D eigenvalue weighted by molar-refractivity contribution is 1.01. The van der Waals surface area contributed by atoms with Crippen molar-refractivity contribution >= 4 is 28.2 Å². The summed E-state index contributed by atoms with van der Waals surface area (Å²) < 4.78 is 0. The van der Waals surface area contributed by atoms with Crippen LogP contribution in [0.5, 0.6) is 0 Å². The molecule has 0 atom stereocenters. The first-order chi connectivity index (χ1) is 9.34. The Kier molecular flexibility index (Phi) is 3.25. The summed E-state index contributed by atoms with van der Waals surface area (Å²) in [6, 6.07) is 7.62. The monoisotopic (exact) mass is 270 g/mol. The number of benzene rings is 1. The topological polar surface area (TPSA) is 50.7 Å². The number of pyridine rings is 1. The smallest absolute Gasteiger partial charge is 0.0948 e. The zero-order chi connectivity index (χ0) is 13.1. The van der Waals surface area contributed by atoms with Crippen LogP contribution < -0.4 is 5.32 Å². The van der Waals surface area contributed by atoms with Crippen molar-refractivity contribution in [2.24, 2.45) is 0 Å². The molecule has 0 amide bonds. The van der Waals surface area contributed by atoms with E-state index in [9.17, 15) is 0 Å². The van der Waals surface area contributed by atoms with Crippen LogP contribution in [0.15, 0.2) is 49.1 Å². The van der Waals surface area contributed by atoms with E-state index in [2.05, 4.69) is 20.3 Å². The molecular weight excluding hydrogens is 260 g/mol. The van der Waals surface area contributed by atoms with E-state index in [0.717, 1.165) is 22.3 Å². The third-order valence-electron chi connectivity index (χ3n) is 2.79. The summed E-state index contributed by atoms with van der Waals surface area (Å²) in [5.74, 6) is 0. The number of anilines is 1. The Balaban J connectivity index is 1.91. The molecule has 3 rings (SSSR count). The van der Waals surface area contributed by atoms with Gasteiger partial charge in [0.2, 0.25) is 0 Å². The van der Waals surface area contributed by atoms with Crippen molar-refractivity contribution in [3.05, 3.63) is 59.8 Å². The molecule has 0 aliphatic heterocycles. The quantitative estimate of drug-likeness (QED) is 0.793. The molecular formula is C14H11ClN4. The predicted molar refractivity (Wildman–Crippen MR) is 76.1 cm³/mol. The van der Waals surface area contributed by atoms with Crippen LogP contribution in [-0.4, -0.2) is 15.0 Å². The molecule has 94 valence electrons. The Hall–Kier alpha value is -2.20. The van der Waals surface area contributed by atoms with Crippen LogP contribution in [0.4, 0.5) is 5.69 Å². The molecule has 0 radical (unpaired) electrons. The van der Waals surface area contributed by atoms with E-state index in [1.165, 1.54) is 0 Å². The molecule has 0 saturated carbocycles. The minimum atomic E-state index is 0.598. The van der Waals surface area contributed by atoms with Gasteiger partial charge in [0.25, 0.3) is 0 Å². The van der Waals surface area contributed by atoms with Crippen molar-refractivity contribution in [2.75, 3.05) is 5.32 Å². The van der Waals surface area contributed by atoms with E-state index in [0.29, 0.717) is 11.6 Å². The molecule has 2 heterocycles. The lowest BCUT2D eigenvalue weighted by Crippen LogP contribution is -2.02. The number of nitrogens with zero attached hydrogens (tertiary/aromatic N) is 3. The second-order valence-electron chi connectivity index (χ2n) is 4.04. The summed E-state index contributed by atoms with van der Waals surface area (Å²) in [7, 11) is 0. The second-order valence-corrected chi connectivity index (χ2v) is 4.45. The highest BCUT2D eigenvalue weighted by molar-refractivity contribution is 6.35.